The Morgan fingerprint density at radius 1 is 1.54 bits per heavy atom. The molecule has 0 unspecified atom stereocenters. The maximum Gasteiger partial charge on any atom is 0.114 e. The van der Waals surface area contributed by atoms with Crippen molar-refractivity contribution >= 4 is 0 Å². The van der Waals surface area contributed by atoms with Gasteiger partial charge in [0.15, 0.2) is 0 Å². The van der Waals surface area contributed by atoms with Crippen LogP contribution in [0.15, 0.2) is 12.5 Å². The third-order valence-electron chi connectivity index (χ3n) is 1.82. The van der Waals surface area contributed by atoms with Crippen LogP contribution in [0.2, 0.25) is 0 Å². The second-order valence-corrected chi connectivity index (χ2v) is 3.61. The van der Waals surface area contributed by atoms with Gasteiger partial charge in [0.05, 0.1) is 11.9 Å². The fraction of sp³-hybridized carbons (Fsp3) is 0.667. The SMILES string of the molecule is CC(C)NCc1cncn1N(C)C. The number of rotatable bonds is 4. The lowest BCUT2D eigenvalue weighted by molar-refractivity contribution is 0.558. The zero-order valence-electron chi connectivity index (χ0n) is 8.78. The molecule has 4 nitrogen and oxygen atoms in total. The highest BCUT2D eigenvalue weighted by atomic mass is 15.5. The first-order chi connectivity index (χ1) is 6.11. The molecule has 0 bridgehead atoms. The van der Waals surface area contributed by atoms with Crippen LogP contribution in [-0.4, -0.2) is 29.8 Å². The van der Waals surface area contributed by atoms with E-state index in [9.17, 15) is 0 Å². The minimum atomic E-state index is 0.505. The lowest BCUT2D eigenvalue weighted by Gasteiger charge is -2.17. The molecule has 0 amide bonds. The molecule has 0 aliphatic heterocycles. The molecule has 0 aromatic carbocycles. The molecule has 1 N–H and O–H groups in total. The van der Waals surface area contributed by atoms with Crippen LogP contribution in [0, 0.1) is 0 Å². The maximum absolute atomic E-state index is 4.10. The van der Waals surface area contributed by atoms with Crippen LogP contribution in [0.5, 0.6) is 0 Å². The van der Waals surface area contributed by atoms with E-state index in [1.807, 2.05) is 36.3 Å². The molecule has 1 rings (SSSR count). The number of nitrogens with one attached hydrogen (secondary N) is 1. The number of imidazole rings is 1. The summed E-state index contributed by atoms with van der Waals surface area (Å²) in [5.41, 5.74) is 1.18. The second-order valence-electron chi connectivity index (χ2n) is 3.61. The summed E-state index contributed by atoms with van der Waals surface area (Å²) >= 11 is 0. The van der Waals surface area contributed by atoms with Crippen molar-refractivity contribution in [3.8, 4) is 0 Å². The zero-order valence-corrected chi connectivity index (χ0v) is 8.78. The lowest BCUT2D eigenvalue weighted by atomic mass is 10.3. The van der Waals surface area contributed by atoms with Gasteiger partial charge >= 0.3 is 0 Å². The number of hydrogen-bond acceptors (Lipinski definition) is 3. The van der Waals surface area contributed by atoms with Crippen molar-refractivity contribution in [3.05, 3.63) is 18.2 Å². The highest BCUT2D eigenvalue weighted by Crippen LogP contribution is 1.98. The Morgan fingerprint density at radius 3 is 2.77 bits per heavy atom. The molecule has 0 aliphatic rings. The predicted octanol–water partition coefficient (Wildman–Crippen LogP) is 0.579. The summed E-state index contributed by atoms with van der Waals surface area (Å²) in [5.74, 6) is 0. The molecule has 13 heavy (non-hydrogen) atoms. The van der Waals surface area contributed by atoms with Crippen molar-refractivity contribution in [2.75, 3.05) is 19.1 Å². The van der Waals surface area contributed by atoms with Gasteiger partial charge in [-0.3, -0.25) is 0 Å². The van der Waals surface area contributed by atoms with Crippen LogP contribution in [-0.2, 0) is 6.54 Å². The Hall–Kier alpha value is -1.03. The summed E-state index contributed by atoms with van der Waals surface area (Å²) in [6.45, 7) is 5.13. The number of nitrogens with zero attached hydrogens (tertiary/aromatic N) is 3. The summed E-state index contributed by atoms with van der Waals surface area (Å²) < 4.78 is 2.02. The van der Waals surface area contributed by atoms with Gasteiger partial charge in [0.25, 0.3) is 0 Å². The molecule has 0 radical (unpaired) electrons. The van der Waals surface area contributed by atoms with Crippen LogP contribution in [0.25, 0.3) is 0 Å². The maximum atomic E-state index is 4.10. The van der Waals surface area contributed by atoms with Gasteiger partial charge in [0.1, 0.15) is 6.33 Å². The van der Waals surface area contributed by atoms with Crippen LogP contribution in [0.3, 0.4) is 0 Å². The average Bonchev–Trinajstić information content (AvgIpc) is 2.47. The highest BCUT2D eigenvalue weighted by Gasteiger charge is 2.03. The summed E-state index contributed by atoms with van der Waals surface area (Å²) in [6.07, 6.45) is 3.70. The van der Waals surface area contributed by atoms with E-state index in [1.54, 1.807) is 0 Å². The predicted molar refractivity (Wildman–Crippen MR) is 54.3 cm³/mol. The Kier molecular flexibility index (Phi) is 3.31. The minimum absolute atomic E-state index is 0.505. The summed E-state index contributed by atoms with van der Waals surface area (Å²) in [6, 6.07) is 0.505. The number of hydrogen-bond donors (Lipinski definition) is 1. The van der Waals surface area contributed by atoms with Crippen molar-refractivity contribution in [3.63, 3.8) is 0 Å². The molecule has 0 atom stereocenters. The van der Waals surface area contributed by atoms with Gasteiger partial charge < -0.3 is 10.3 Å². The van der Waals surface area contributed by atoms with E-state index in [1.165, 1.54) is 5.69 Å². The topological polar surface area (TPSA) is 33.1 Å². The molecule has 4 heteroatoms. The Labute approximate surface area is 79.5 Å². The van der Waals surface area contributed by atoms with E-state index in [0.717, 1.165) is 6.54 Å². The minimum Gasteiger partial charge on any atom is -0.318 e. The van der Waals surface area contributed by atoms with Gasteiger partial charge in [-0.25, -0.2) is 9.66 Å². The van der Waals surface area contributed by atoms with E-state index in [-0.39, 0.29) is 0 Å². The van der Waals surface area contributed by atoms with Gasteiger partial charge in [-0.05, 0) is 0 Å². The van der Waals surface area contributed by atoms with E-state index in [2.05, 4.69) is 24.1 Å². The van der Waals surface area contributed by atoms with Crippen molar-refractivity contribution < 1.29 is 0 Å². The number of aromatic nitrogens is 2. The first-order valence-corrected chi connectivity index (χ1v) is 4.53. The summed E-state index contributed by atoms with van der Waals surface area (Å²) in [7, 11) is 4.00. The molecular formula is C9H18N4. The van der Waals surface area contributed by atoms with E-state index in [0.29, 0.717) is 6.04 Å². The van der Waals surface area contributed by atoms with Crippen LogP contribution in [0.1, 0.15) is 19.5 Å². The van der Waals surface area contributed by atoms with Gasteiger partial charge in [0.2, 0.25) is 0 Å². The second kappa shape index (κ2) is 4.28. The molecular weight excluding hydrogens is 164 g/mol. The summed E-state index contributed by atoms with van der Waals surface area (Å²) in [5, 5.41) is 5.36. The van der Waals surface area contributed by atoms with Crippen molar-refractivity contribution in [2.45, 2.75) is 26.4 Å². The Bertz CT molecular complexity index is 252. The van der Waals surface area contributed by atoms with Gasteiger partial charge in [-0.2, -0.15) is 0 Å². The zero-order chi connectivity index (χ0) is 9.84. The molecule has 0 spiro atoms. The molecule has 1 heterocycles. The third-order valence-corrected chi connectivity index (χ3v) is 1.82. The van der Waals surface area contributed by atoms with Crippen LogP contribution < -0.4 is 10.3 Å². The summed E-state index contributed by atoms with van der Waals surface area (Å²) in [4.78, 5) is 4.10. The van der Waals surface area contributed by atoms with E-state index < -0.39 is 0 Å². The fourth-order valence-electron chi connectivity index (χ4n) is 1.11. The quantitative estimate of drug-likeness (QED) is 0.739. The smallest absolute Gasteiger partial charge is 0.114 e. The molecule has 1 aromatic rings. The van der Waals surface area contributed by atoms with E-state index >= 15 is 0 Å². The van der Waals surface area contributed by atoms with Crippen LogP contribution >= 0.6 is 0 Å². The van der Waals surface area contributed by atoms with Crippen molar-refractivity contribution in [1.82, 2.24) is 15.0 Å². The van der Waals surface area contributed by atoms with Gasteiger partial charge in [-0.1, -0.05) is 13.8 Å². The monoisotopic (exact) mass is 182 g/mol. The molecule has 0 saturated carbocycles. The van der Waals surface area contributed by atoms with Gasteiger partial charge in [-0.15, -0.1) is 0 Å². The molecule has 1 aromatic heterocycles. The molecule has 0 saturated heterocycles. The molecule has 0 aliphatic carbocycles. The fourth-order valence-corrected chi connectivity index (χ4v) is 1.11. The lowest BCUT2D eigenvalue weighted by Crippen LogP contribution is -2.29. The van der Waals surface area contributed by atoms with Crippen LogP contribution in [0.4, 0.5) is 0 Å². The van der Waals surface area contributed by atoms with Gasteiger partial charge in [0, 0.05) is 26.7 Å². The average molecular weight is 182 g/mol. The van der Waals surface area contributed by atoms with E-state index in [4.69, 9.17) is 0 Å². The first kappa shape index (κ1) is 10.1. The molecule has 74 valence electrons. The standard InChI is InChI=1S/C9H18N4/c1-8(2)11-6-9-5-10-7-13(9)12(3)4/h5,7-8,11H,6H2,1-4H3. The van der Waals surface area contributed by atoms with Crippen molar-refractivity contribution in [2.24, 2.45) is 0 Å². The third kappa shape index (κ3) is 2.73. The Morgan fingerprint density at radius 2 is 2.23 bits per heavy atom. The van der Waals surface area contributed by atoms with Crippen molar-refractivity contribution in [1.29, 1.82) is 0 Å². The highest BCUT2D eigenvalue weighted by molar-refractivity contribution is 5.01. The first-order valence-electron chi connectivity index (χ1n) is 4.53. The molecule has 0 fully saturated rings. The normalized spacial score (nSPS) is 10.8. The largest absolute Gasteiger partial charge is 0.318 e. The Balaban J connectivity index is 2.60.